The van der Waals surface area contributed by atoms with E-state index in [1.807, 2.05) is 18.2 Å². The largest absolute Gasteiger partial charge is 0.357 e. The van der Waals surface area contributed by atoms with Gasteiger partial charge < -0.3 is 4.90 Å². The SMILES string of the molecule is OS1(O)CCN2CCC[C@@H](c3ccccc3)C2=N1. The third kappa shape index (κ3) is 2.25. The summed E-state index contributed by atoms with van der Waals surface area (Å²) in [5, 5.41) is 0. The van der Waals surface area contributed by atoms with Crippen LogP contribution in [0.1, 0.15) is 24.3 Å². The summed E-state index contributed by atoms with van der Waals surface area (Å²) >= 11 is 0. The van der Waals surface area contributed by atoms with Gasteiger partial charge in [0.05, 0.1) is 5.75 Å². The molecule has 18 heavy (non-hydrogen) atoms. The standard InChI is InChI=1S/C13H18N2O2S/c16-18(17)10-9-15-8-4-7-12(13(15)14-18)11-5-2-1-3-6-11/h1-3,5-6,12,16-17H,4,7-10H2/t12-/m0/s1. The topological polar surface area (TPSA) is 56.1 Å². The molecule has 0 bridgehead atoms. The van der Waals surface area contributed by atoms with Crippen molar-refractivity contribution in [3.8, 4) is 0 Å². The molecule has 0 saturated carbocycles. The van der Waals surface area contributed by atoms with E-state index in [9.17, 15) is 9.11 Å². The maximum absolute atomic E-state index is 9.80. The zero-order valence-corrected chi connectivity index (χ0v) is 11.0. The Balaban J connectivity index is 1.97. The van der Waals surface area contributed by atoms with Crippen molar-refractivity contribution in [2.45, 2.75) is 18.8 Å². The van der Waals surface area contributed by atoms with Gasteiger partial charge in [-0.3, -0.25) is 9.11 Å². The van der Waals surface area contributed by atoms with Gasteiger partial charge in [0.1, 0.15) is 5.84 Å². The van der Waals surface area contributed by atoms with Gasteiger partial charge in [-0.2, -0.15) is 0 Å². The van der Waals surface area contributed by atoms with E-state index in [-0.39, 0.29) is 5.92 Å². The molecule has 1 aromatic carbocycles. The van der Waals surface area contributed by atoms with Crippen molar-refractivity contribution in [1.29, 1.82) is 0 Å². The van der Waals surface area contributed by atoms with Gasteiger partial charge in [-0.05, 0) is 18.4 Å². The molecule has 1 aromatic rings. The van der Waals surface area contributed by atoms with Crippen LogP contribution < -0.4 is 0 Å². The highest BCUT2D eigenvalue weighted by molar-refractivity contribution is 8.23. The lowest BCUT2D eigenvalue weighted by Gasteiger charge is -2.43. The van der Waals surface area contributed by atoms with Gasteiger partial charge in [0, 0.05) is 19.0 Å². The number of hydrogen-bond acceptors (Lipinski definition) is 4. The Morgan fingerprint density at radius 1 is 1.17 bits per heavy atom. The highest BCUT2D eigenvalue weighted by Crippen LogP contribution is 2.46. The van der Waals surface area contributed by atoms with Crippen LogP contribution in [0.25, 0.3) is 0 Å². The number of nitrogens with zero attached hydrogens (tertiary/aromatic N) is 2. The minimum Gasteiger partial charge on any atom is -0.357 e. The van der Waals surface area contributed by atoms with Gasteiger partial charge in [-0.1, -0.05) is 41.1 Å². The Morgan fingerprint density at radius 3 is 2.72 bits per heavy atom. The second-order valence-corrected chi connectivity index (χ2v) is 6.73. The number of fused-ring (bicyclic) bond motifs is 1. The summed E-state index contributed by atoms with van der Waals surface area (Å²) in [4.78, 5) is 2.21. The molecule has 2 aliphatic rings. The molecule has 1 atom stereocenters. The molecule has 5 heteroatoms. The summed E-state index contributed by atoms with van der Waals surface area (Å²) in [5.74, 6) is 1.46. The Kier molecular flexibility index (Phi) is 3.05. The fourth-order valence-corrected chi connectivity index (χ4v) is 3.83. The van der Waals surface area contributed by atoms with E-state index in [1.165, 1.54) is 5.56 Å². The normalized spacial score (nSPS) is 28.2. The molecular formula is C13H18N2O2S. The third-order valence-corrected chi connectivity index (χ3v) is 4.84. The van der Waals surface area contributed by atoms with Crippen molar-refractivity contribution in [1.82, 2.24) is 4.90 Å². The molecule has 0 spiro atoms. The Morgan fingerprint density at radius 2 is 1.94 bits per heavy atom. The maximum Gasteiger partial charge on any atom is 0.132 e. The zero-order chi connectivity index (χ0) is 12.6. The molecule has 0 unspecified atom stereocenters. The van der Waals surface area contributed by atoms with Crippen molar-refractivity contribution >= 4 is 16.6 Å². The highest BCUT2D eigenvalue weighted by Gasteiger charge is 2.33. The van der Waals surface area contributed by atoms with E-state index in [2.05, 4.69) is 21.4 Å². The smallest absolute Gasteiger partial charge is 0.132 e. The number of hydrogen-bond donors (Lipinski definition) is 2. The van der Waals surface area contributed by atoms with Crippen LogP contribution in [0, 0.1) is 0 Å². The Bertz CT molecular complexity index is 461. The van der Waals surface area contributed by atoms with E-state index < -0.39 is 10.8 Å². The first kappa shape index (κ1) is 12.0. The fraction of sp³-hybridized carbons (Fsp3) is 0.462. The zero-order valence-electron chi connectivity index (χ0n) is 10.2. The van der Waals surface area contributed by atoms with Crippen LogP contribution in [0.2, 0.25) is 0 Å². The highest BCUT2D eigenvalue weighted by atomic mass is 32.3. The van der Waals surface area contributed by atoms with Crippen LogP contribution in [-0.2, 0) is 0 Å². The van der Waals surface area contributed by atoms with Gasteiger partial charge in [0.25, 0.3) is 0 Å². The molecule has 2 N–H and O–H groups in total. The summed E-state index contributed by atoms with van der Waals surface area (Å²) in [5.41, 5.74) is 1.22. The van der Waals surface area contributed by atoms with E-state index in [0.717, 1.165) is 25.2 Å². The average Bonchev–Trinajstić information content (AvgIpc) is 2.38. The quantitative estimate of drug-likeness (QED) is 0.821. The average molecular weight is 266 g/mol. The van der Waals surface area contributed by atoms with E-state index in [4.69, 9.17) is 0 Å². The number of amidine groups is 1. The fourth-order valence-electron chi connectivity index (χ4n) is 2.73. The van der Waals surface area contributed by atoms with Crippen LogP contribution in [-0.4, -0.2) is 38.7 Å². The molecule has 98 valence electrons. The van der Waals surface area contributed by atoms with E-state index in [0.29, 0.717) is 12.3 Å². The maximum atomic E-state index is 9.80. The van der Waals surface area contributed by atoms with Gasteiger partial charge >= 0.3 is 0 Å². The van der Waals surface area contributed by atoms with Gasteiger partial charge in [-0.25, -0.2) is 0 Å². The minimum atomic E-state index is -2.75. The third-order valence-electron chi connectivity index (χ3n) is 3.63. The monoisotopic (exact) mass is 266 g/mol. The van der Waals surface area contributed by atoms with Crippen molar-refractivity contribution in [3.63, 3.8) is 0 Å². The molecule has 2 heterocycles. The molecule has 1 fully saturated rings. The van der Waals surface area contributed by atoms with Gasteiger partial charge in [0.2, 0.25) is 0 Å². The molecule has 0 aromatic heterocycles. The van der Waals surface area contributed by atoms with Crippen molar-refractivity contribution < 1.29 is 9.11 Å². The summed E-state index contributed by atoms with van der Waals surface area (Å²) < 4.78 is 23.8. The lowest BCUT2D eigenvalue weighted by atomic mass is 9.89. The minimum absolute atomic E-state index is 0.214. The molecule has 1 saturated heterocycles. The van der Waals surface area contributed by atoms with E-state index in [1.54, 1.807) is 0 Å². The number of piperidine rings is 1. The first-order valence-corrected chi connectivity index (χ1v) is 7.99. The lowest BCUT2D eigenvalue weighted by Crippen LogP contribution is -2.45. The molecule has 3 rings (SSSR count). The molecular weight excluding hydrogens is 248 g/mol. The summed E-state index contributed by atoms with van der Waals surface area (Å²) in [6.45, 7) is 1.70. The van der Waals surface area contributed by atoms with E-state index >= 15 is 0 Å². The Hall–Kier alpha value is -1.04. The molecule has 0 amide bonds. The first-order chi connectivity index (χ1) is 8.66. The summed E-state index contributed by atoms with van der Waals surface area (Å²) in [6, 6.07) is 10.2. The van der Waals surface area contributed by atoms with Crippen molar-refractivity contribution in [3.05, 3.63) is 35.9 Å². The van der Waals surface area contributed by atoms with Gasteiger partial charge in [-0.15, -0.1) is 4.40 Å². The van der Waals surface area contributed by atoms with Crippen LogP contribution in [0.15, 0.2) is 34.7 Å². The number of benzene rings is 1. The molecule has 0 aliphatic carbocycles. The first-order valence-electron chi connectivity index (χ1n) is 6.31. The van der Waals surface area contributed by atoms with Crippen LogP contribution in [0.4, 0.5) is 0 Å². The van der Waals surface area contributed by atoms with Crippen molar-refractivity contribution in [2.24, 2.45) is 4.40 Å². The molecule has 4 nitrogen and oxygen atoms in total. The molecule has 2 aliphatic heterocycles. The Labute approximate surface area is 109 Å². The number of rotatable bonds is 1. The summed E-state index contributed by atoms with van der Waals surface area (Å²) in [6.07, 6.45) is 2.17. The van der Waals surface area contributed by atoms with Crippen LogP contribution >= 0.6 is 10.8 Å². The van der Waals surface area contributed by atoms with Crippen LogP contribution in [0.3, 0.4) is 0 Å². The second-order valence-electron chi connectivity index (χ2n) is 4.88. The second kappa shape index (κ2) is 4.57. The predicted molar refractivity (Wildman–Crippen MR) is 75.1 cm³/mol. The molecule has 0 radical (unpaired) electrons. The summed E-state index contributed by atoms with van der Waals surface area (Å²) in [7, 11) is -2.75. The lowest BCUT2D eigenvalue weighted by molar-refractivity contribution is 0.356. The predicted octanol–water partition coefficient (Wildman–Crippen LogP) is 2.94. The van der Waals surface area contributed by atoms with Crippen molar-refractivity contribution in [2.75, 3.05) is 18.8 Å². The van der Waals surface area contributed by atoms with Gasteiger partial charge in [0.15, 0.2) is 0 Å². The van der Waals surface area contributed by atoms with Crippen LogP contribution in [0.5, 0.6) is 0 Å².